The molecule has 0 fully saturated rings. The monoisotopic (exact) mass is 350 g/mol. The predicted octanol–water partition coefficient (Wildman–Crippen LogP) is 2.41. The van der Waals surface area contributed by atoms with E-state index in [1.54, 1.807) is 13.8 Å². The number of aliphatic carboxylic acids is 1. The van der Waals surface area contributed by atoms with E-state index in [1.807, 2.05) is 25.2 Å². The number of hydrogen-bond acceptors (Lipinski definition) is 3. The van der Waals surface area contributed by atoms with E-state index in [4.69, 9.17) is 0 Å². The molecule has 0 radical (unpaired) electrons. The predicted molar refractivity (Wildman–Crippen MR) is 96.9 cm³/mol. The maximum absolute atomic E-state index is 12.7. The van der Waals surface area contributed by atoms with Gasteiger partial charge in [0.05, 0.1) is 0 Å². The molecule has 6 heteroatoms. The zero-order chi connectivity index (χ0) is 18.8. The number of rotatable bonds is 9. The van der Waals surface area contributed by atoms with Crippen molar-refractivity contribution in [2.45, 2.75) is 65.0 Å². The van der Waals surface area contributed by atoms with Crippen molar-refractivity contribution in [2.24, 2.45) is 11.8 Å². The van der Waals surface area contributed by atoms with E-state index in [-0.39, 0.29) is 24.2 Å². The summed E-state index contributed by atoms with van der Waals surface area (Å²) < 4.78 is 0. The third-order valence-electron chi connectivity index (χ3n) is 4.62. The number of allylic oxidation sites excluding steroid dienone is 4. The summed E-state index contributed by atoms with van der Waals surface area (Å²) in [5.74, 6) is -1.73. The zero-order valence-electron chi connectivity index (χ0n) is 15.3. The third-order valence-corrected chi connectivity index (χ3v) is 4.62. The van der Waals surface area contributed by atoms with Gasteiger partial charge in [0.15, 0.2) is 0 Å². The van der Waals surface area contributed by atoms with Gasteiger partial charge in [0.1, 0.15) is 12.1 Å². The minimum atomic E-state index is -1.05. The van der Waals surface area contributed by atoms with E-state index in [1.165, 1.54) is 0 Å². The molecule has 0 aromatic heterocycles. The lowest BCUT2D eigenvalue weighted by Gasteiger charge is -2.26. The fraction of sp³-hybridized carbons (Fsp3) is 0.632. The summed E-state index contributed by atoms with van der Waals surface area (Å²) in [5.41, 5.74) is 0. The summed E-state index contributed by atoms with van der Waals surface area (Å²) in [6.45, 7) is 5.39. The van der Waals surface area contributed by atoms with Crippen LogP contribution in [-0.4, -0.2) is 35.0 Å². The van der Waals surface area contributed by atoms with E-state index in [0.29, 0.717) is 12.8 Å². The van der Waals surface area contributed by atoms with Crippen LogP contribution in [-0.2, 0) is 14.4 Å². The molecule has 6 nitrogen and oxygen atoms in total. The van der Waals surface area contributed by atoms with Crippen LogP contribution in [0.15, 0.2) is 24.3 Å². The minimum Gasteiger partial charge on any atom is -0.480 e. The maximum atomic E-state index is 12.7. The van der Waals surface area contributed by atoms with Gasteiger partial charge < -0.3 is 15.7 Å². The molecule has 0 saturated carbocycles. The van der Waals surface area contributed by atoms with Crippen molar-refractivity contribution in [3.63, 3.8) is 0 Å². The molecule has 1 aliphatic carbocycles. The molecule has 1 aliphatic rings. The lowest BCUT2D eigenvalue weighted by atomic mass is 9.93. The van der Waals surface area contributed by atoms with E-state index >= 15 is 0 Å². The van der Waals surface area contributed by atoms with Crippen LogP contribution in [0.4, 0.5) is 0 Å². The van der Waals surface area contributed by atoms with Gasteiger partial charge in [-0.05, 0) is 31.1 Å². The average molecular weight is 350 g/mol. The number of nitrogens with one attached hydrogen (secondary N) is 2. The zero-order valence-corrected chi connectivity index (χ0v) is 15.3. The number of hydrogen-bond donors (Lipinski definition) is 3. The molecule has 0 spiro atoms. The molecule has 0 bridgehead atoms. The Hall–Kier alpha value is -2.11. The summed E-state index contributed by atoms with van der Waals surface area (Å²) in [4.78, 5) is 35.9. The lowest BCUT2D eigenvalue weighted by molar-refractivity contribution is -0.143. The van der Waals surface area contributed by atoms with Crippen molar-refractivity contribution in [2.75, 3.05) is 0 Å². The number of carbonyl (C=O) groups excluding carboxylic acids is 2. The van der Waals surface area contributed by atoms with Crippen molar-refractivity contribution in [1.82, 2.24) is 10.6 Å². The fourth-order valence-electron chi connectivity index (χ4n) is 2.77. The summed E-state index contributed by atoms with van der Waals surface area (Å²) in [6, 6.07) is -1.68. The van der Waals surface area contributed by atoms with Gasteiger partial charge in [-0.15, -0.1) is 0 Å². The van der Waals surface area contributed by atoms with E-state index in [0.717, 1.165) is 12.8 Å². The van der Waals surface area contributed by atoms with Crippen LogP contribution < -0.4 is 10.6 Å². The van der Waals surface area contributed by atoms with Gasteiger partial charge in [-0.1, -0.05) is 51.5 Å². The SMILES string of the molecule is CCC(=O)NC(CC1C=CC=CCC1)C(=O)NC(C(=O)O)C(C)CC. The Labute approximate surface area is 149 Å². The van der Waals surface area contributed by atoms with Gasteiger partial charge in [0.25, 0.3) is 0 Å². The van der Waals surface area contributed by atoms with Crippen molar-refractivity contribution in [3.8, 4) is 0 Å². The highest BCUT2D eigenvalue weighted by Crippen LogP contribution is 2.19. The molecule has 0 heterocycles. The topological polar surface area (TPSA) is 95.5 Å². The summed E-state index contributed by atoms with van der Waals surface area (Å²) in [5, 5.41) is 14.7. The molecule has 0 saturated heterocycles. The van der Waals surface area contributed by atoms with Crippen LogP contribution in [0.3, 0.4) is 0 Å². The molecular weight excluding hydrogens is 320 g/mol. The van der Waals surface area contributed by atoms with Gasteiger partial charge >= 0.3 is 5.97 Å². The molecule has 1 rings (SSSR count). The van der Waals surface area contributed by atoms with Crippen molar-refractivity contribution < 1.29 is 19.5 Å². The molecule has 25 heavy (non-hydrogen) atoms. The van der Waals surface area contributed by atoms with Crippen molar-refractivity contribution in [1.29, 1.82) is 0 Å². The number of carbonyl (C=O) groups is 3. The van der Waals surface area contributed by atoms with E-state index < -0.39 is 24.0 Å². The van der Waals surface area contributed by atoms with Crippen LogP contribution in [0.1, 0.15) is 52.9 Å². The second kappa shape index (κ2) is 10.7. The standard InChI is InChI=1S/C19H30N2O4/c1-4-13(3)17(19(24)25)21-18(23)15(20-16(22)5-2)12-14-10-8-6-7-9-11-14/h6-8,10,13-15,17H,4-5,9,11-12H2,1-3H3,(H,20,22)(H,21,23)(H,24,25). The first-order chi connectivity index (χ1) is 11.9. The number of amides is 2. The van der Waals surface area contributed by atoms with Gasteiger partial charge in [0, 0.05) is 6.42 Å². The summed E-state index contributed by atoms with van der Waals surface area (Å²) >= 11 is 0. The Bertz CT molecular complexity index is 528. The molecule has 140 valence electrons. The van der Waals surface area contributed by atoms with Crippen LogP contribution in [0, 0.1) is 11.8 Å². The highest BCUT2D eigenvalue weighted by atomic mass is 16.4. The first-order valence-electron chi connectivity index (χ1n) is 9.04. The molecule has 0 aromatic rings. The second-order valence-corrected chi connectivity index (χ2v) is 6.57. The second-order valence-electron chi connectivity index (χ2n) is 6.57. The van der Waals surface area contributed by atoms with Crippen LogP contribution >= 0.6 is 0 Å². The molecule has 0 aliphatic heterocycles. The molecule has 0 aromatic carbocycles. The normalized spacial score (nSPS) is 20.2. The molecule has 3 N–H and O–H groups in total. The van der Waals surface area contributed by atoms with E-state index in [2.05, 4.69) is 16.7 Å². The quantitative estimate of drug-likeness (QED) is 0.595. The molecular formula is C19H30N2O4. The summed E-state index contributed by atoms with van der Waals surface area (Å²) in [7, 11) is 0. The first kappa shape index (κ1) is 20.9. The number of carboxylic acid groups (broad SMARTS) is 1. The Balaban J connectivity index is 2.83. The fourth-order valence-corrected chi connectivity index (χ4v) is 2.77. The average Bonchev–Trinajstić information content (AvgIpc) is 2.86. The van der Waals surface area contributed by atoms with Gasteiger partial charge in [-0.3, -0.25) is 9.59 Å². The van der Waals surface area contributed by atoms with Crippen molar-refractivity contribution >= 4 is 17.8 Å². The lowest BCUT2D eigenvalue weighted by Crippen LogP contribution is -2.53. The smallest absolute Gasteiger partial charge is 0.326 e. The van der Waals surface area contributed by atoms with E-state index in [9.17, 15) is 19.5 Å². The van der Waals surface area contributed by atoms with Crippen LogP contribution in [0.25, 0.3) is 0 Å². The van der Waals surface area contributed by atoms with Gasteiger partial charge in [-0.25, -0.2) is 4.79 Å². The van der Waals surface area contributed by atoms with Gasteiger partial charge in [0.2, 0.25) is 11.8 Å². The summed E-state index contributed by atoms with van der Waals surface area (Å²) in [6.07, 6.45) is 11.2. The Morgan fingerprint density at radius 3 is 2.52 bits per heavy atom. The Kier molecular flexibility index (Phi) is 8.95. The first-order valence-corrected chi connectivity index (χ1v) is 9.04. The van der Waals surface area contributed by atoms with Gasteiger partial charge in [-0.2, -0.15) is 0 Å². The van der Waals surface area contributed by atoms with Crippen LogP contribution in [0.2, 0.25) is 0 Å². The highest BCUT2D eigenvalue weighted by molar-refractivity contribution is 5.90. The molecule has 4 atom stereocenters. The highest BCUT2D eigenvalue weighted by Gasteiger charge is 2.30. The Morgan fingerprint density at radius 2 is 1.92 bits per heavy atom. The minimum absolute atomic E-state index is 0.162. The largest absolute Gasteiger partial charge is 0.480 e. The van der Waals surface area contributed by atoms with Crippen LogP contribution in [0.5, 0.6) is 0 Å². The number of carboxylic acids is 1. The van der Waals surface area contributed by atoms with Crippen molar-refractivity contribution in [3.05, 3.63) is 24.3 Å². The molecule has 4 unspecified atom stereocenters. The Morgan fingerprint density at radius 1 is 1.20 bits per heavy atom. The maximum Gasteiger partial charge on any atom is 0.326 e. The third kappa shape index (κ3) is 7.11. The molecule has 2 amide bonds.